The number of nitriles is 1. The molecule has 0 fully saturated rings. The van der Waals surface area contributed by atoms with Gasteiger partial charge in [0.2, 0.25) is 5.91 Å². The van der Waals surface area contributed by atoms with E-state index in [2.05, 4.69) is 11.4 Å². The molecule has 1 amide bonds. The van der Waals surface area contributed by atoms with Crippen molar-refractivity contribution >= 4 is 5.91 Å². The van der Waals surface area contributed by atoms with E-state index in [1.54, 1.807) is 6.92 Å². The Morgan fingerprint density at radius 2 is 2.10 bits per heavy atom. The number of hydrogen-bond donors (Lipinski definition) is 1. The summed E-state index contributed by atoms with van der Waals surface area (Å²) in [5, 5.41) is 11.9. The molecule has 0 radical (unpaired) electrons. The number of carbonyl (C=O) groups is 1. The molecule has 5 nitrogen and oxygen atoms in total. The van der Waals surface area contributed by atoms with Crippen LogP contribution in [0.4, 0.5) is 0 Å². The molecule has 1 aromatic rings. The SMILES string of the molecule is CCC(C)(C#N)C(=O)NCCc1ccc2c(c1)OCCO2. The second kappa shape index (κ2) is 6.49. The largest absolute Gasteiger partial charge is 0.486 e. The number of hydrogen-bond acceptors (Lipinski definition) is 4. The zero-order chi connectivity index (χ0) is 15.3. The van der Waals surface area contributed by atoms with Gasteiger partial charge in [-0.2, -0.15) is 5.26 Å². The van der Waals surface area contributed by atoms with Crippen LogP contribution >= 0.6 is 0 Å². The van der Waals surface area contributed by atoms with E-state index in [1.165, 1.54) is 0 Å². The van der Waals surface area contributed by atoms with Gasteiger partial charge in [-0.25, -0.2) is 0 Å². The Morgan fingerprint density at radius 1 is 1.38 bits per heavy atom. The van der Waals surface area contributed by atoms with Crippen molar-refractivity contribution in [1.29, 1.82) is 5.26 Å². The van der Waals surface area contributed by atoms with Crippen molar-refractivity contribution in [3.8, 4) is 17.6 Å². The molecule has 1 aliphatic rings. The number of amides is 1. The third-order valence-corrected chi connectivity index (χ3v) is 3.76. The number of nitrogens with one attached hydrogen (secondary N) is 1. The Labute approximate surface area is 124 Å². The van der Waals surface area contributed by atoms with Crippen molar-refractivity contribution in [1.82, 2.24) is 5.32 Å². The first kappa shape index (κ1) is 15.2. The summed E-state index contributed by atoms with van der Waals surface area (Å²) in [5.74, 6) is 1.29. The van der Waals surface area contributed by atoms with Crippen molar-refractivity contribution in [2.45, 2.75) is 26.7 Å². The van der Waals surface area contributed by atoms with Gasteiger partial charge in [0.05, 0.1) is 6.07 Å². The van der Waals surface area contributed by atoms with Crippen LogP contribution in [0.1, 0.15) is 25.8 Å². The first-order valence-corrected chi connectivity index (χ1v) is 7.17. The first-order valence-electron chi connectivity index (χ1n) is 7.17. The van der Waals surface area contributed by atoms with E-state index >= 15 is 0 Å². The average molecular weight is 288 g/mol. The van der Waals surface area contributed by atoms with Crippen LogP contribution in [0.3, 0.4) is 0 Å². The third kappa shape index (κ3) is 3.46. The molecule has 1 unspecified atom stereocenters. The van der Waals surface area contributed by atoms with E-state index in [9.17, 15) is 4.79 Å². The average Bonchev–Trinajstić information content (AvgIpc) is 2.53. The van der Waals surface area contributed by atoms with Crippen LogP contribution in [-0.2, 0) is 11.2 Å². The van der Waals surface area contributed by atoms with Crippen molar-refractivity contribution in [3.05, 3.63) is 23.8 Å². The molecule has 1 aliphatic heterocycles. The lowest BCUT2D eigenvalue weighted by atomic mass is 9.88. The standard InChI is InChI=1S/C16H20N2O3/c1-3-16(2,11-17)15(19)18-7-6-12-4-5-13-14(10-12)21-9-8-20-13/h4-5,10H,3,6-9H2,1-2H3,(H,18,19). The molecule has 0 saturated carbocycles. The number of rotatable bonds is 5. The number of nitrogens with zero attached hydrogens (tertiary/aromatic N) is 1. The molecule has 0 aromatic heterocycles. The van der Waals surface area contributed by atoms with Gasteiger partial charge < -0.3 is 14.8 Å². The summed E-state index contributed by atoms with van der Waals surface area (Å²) in [6.07, 6.45) is 1.19. The Kier molecular flexibility index (Phi) is 4.69. The van der Waals surface area contributed by atoms with Crippen molar-refractivity contribution in [2.75, 3.05) is 19.8 Å². The van der Waals surface area contributed by atoms with Gasteiger partial charge >= 0.3 is 0 Å². The van der Waals surface area contributed by atoms with E-state index in [1.807, 2.05) is 25.1 Å². The molecule has 2 rings (SSSR count). The second-order valence-corrected chi connectivity index (χ2v) is 5.28. The first-order chi connectivity index (χ1) is 10.1. The summed E-state index contributed by atoms with van der Waals surface area (Å²) in [4.78, 5) is 12.0. The zero-order valence-corrected chi connectivity index (χ0v) is 12.4. The summed E-state index contributed by atoms with van der Waals surface area (Å²) in [6.45, 7) is 5.13. The molecule has 5 heteroatoms. The molecule has 112 valence electrons. The van der Waals surface area contributed by atoms with Crippen LogP contribution in [0.25, 0.3) is 0 Å². The van der Waals surface area contributed by atoms with E-state index in [4.69, 9.17) is 14.7 Å². The molecule has 1 N–H and O–H groups in total. The molecule has 0 saturated heterocycles. The van der Waals surface area contributed by atoms with Gasteiger partial charge in [-0.3, -0.25) is 4.79 Å². The molecule has 1 heterocycles. The van der Waals surface area contributed by atoms with Gasteiger partial charge in [-0.05, 0) is 37.5 Å². The number of fused-ring (bicyclic) bond motifs is 1. The third-order valence-electron chi connectivity index (χ3n) is 3.76. The maximum Gasteiger partial charge on any atom is 0.240 e. The summed E-state index contributed by atoms with van der Waals surface area (Å²) in [5.41, 5.74) is 0.113. The topological polar surface area (TPSA) is 71.4 Å². The van der Waals surface area contributed by atoms with E-state index < -0.39 is 5.41 Å². The summed E-state index contributed by atoms with van der Waals surface area (Å²) in [6, 6.07) is 7.85. The normalized spacial score (nSPS) is 15.7. The van der Waals surface area contributed by atoms with Crippen LogP contribution in [0.5, 0.6) is 11.5 Å². The smallest absolute Gasteiger partial charge is 0.240 e. The number of benzene rings is 1. The number of carbonyl (C=O) groups excluding carboxylic acids is 1. The van der Waals surface area contributed by atoms with Crippen LogP contribution < -0.4 is 14.8 Å². The summed E-state index contributed by atoms with van der Waals surface area (Å²) < 4.78 is 11.0. The fraction of sp³-hybridized carbons (Fsp3) is 0.500. The lowest BCUT2D eigenvalue weighted by molar-refractivity contribution is -0.127. The molecule has 1 aromatic carbocycles. The van der Waals surface area contributed by atoms with Crippen molar-refractivity contribution in [2.24, 2.45) is 5.41 Å². The van der Waals surface area contributed by atoms with Crippen molar-refractivity contribution < 1.29 is 14.3 Å². The van der Waals surface area contributed by atoms with Gasteiger partial charge in [-0.1, -0.05) is 13.0 Å². The maximum absolute atomic E-state index is 12.0. The van der Waals surface area contributed by atoms with E-state index in [0.29, 0.717) is 32.6 Å². The van der Waals surface area contributed by atoms with Crippen LogP contribution in [0, 0.1) is 16.7 Å². The quantitative estimate of drug-likeness (QED) is 0.900. The minimum Gasteiger partial charge on any atom is -0.486 e. The van der Waals surface area contributed by atoms with Gasteiger partial charge in [0.25, 0.3) is 0 Å². The highest BCUT2D eigenvalue weighted by atomic mass is 16.6. The van der Waals surface area contributed by atoms with E-state index in [-0.39, 0.29) is 5.91 Å². The fourth-order valence-electron chi connectivity index (χ4n) is 2.05. The fourth-order valence-corrected chi connectivity index (χ4v) is 2.05. The molecule has 0 spiro atoms. The second-order valence-electron chi connectivity index (χ2n) is 5.28. The van der Waals surface area contributed by atoms with E-state index in [0.717, 1.165) is 17.1 Å². The van der Waals surface area contributed by atoms with Crippen LogP contribution in [-0.4, -0.2) is 25.7 Å². The molecular weight excluding hydrogens is 268 g/mol. The molecule has 21 heavy (non-hydrogen) atoms. The molecular formula is C16H20N2O3. The minimum absolute atomic E-state index is 0.218. The van der Waals surface area contributed by atoms with Gasteiger partial charge in [0.15, 0.2) is 11.5 Å². The molecule has 0 bridgehead atoms. The lowest BCUT2D eigenvalue weighted by Gasteiger charge is -2.20. The monoisotopic (exact) mass is 288 g/mol. The van der Waals surface area contributed by atoms with Gasteiger partial charge in [-0.15, -0.1) is 0 Å². The van der Waals surface area contributed by atoms with Gasteiger partial charge in [0.1, 0.15) is 18.6 Å². The maximum atomic E-state index is 12.0. The predicted octanol–water partition coefficient (Wildman–Crippen LogP) is 2.06. The van der Waals surface area contributed by atoms with Crippen molar-refractivity contribution in [3.63, 3.8) is 0 Å². The molecule has 1 atom stereocenters. The number of ether oxygens (including phenoxy) is 2. The Morgan fingerprint density at radius 3 is 2.76 bits per heavy atom. The Bertz CT molecular complexity index is 565. The highest BCUT2D eigenvalue weighted by Gasteiger charge is 2.30. The minimum atomic E-state index is -0.952. The summed E-state index contributed by atoms with van der Waals surface area (Å²) >= 11 is 0. The highest BCUT2D eigenvalue weighted by Crippen LogP contribution is 2.30. The lowest BCUT2D eigenvalue weighted by Crippen LogP contribution is -2.38. The summed E-state index contributed by atoms with van der Waals surface area (Å²) in [7, 11) is 0. The molecule has 0 aliphatic carbocycles. The Balaban J connectivity index is 1.89. The van der Waals surface area contributed by atoms with Gasteiger partial charge in [0, 0.05) is 6.54 Å². The van der Waals surface area contributed by atoms with Crippen LogP contribution in [0.15, 0.2) is 18.2 Å². The zero-order valence-electron chi connectivity index (χ0n) is 12.4. The highest BCUT2D eigenvalue weighted by molar-refractivity contribution is 5.84. The Hall–Kier alpha value is -2.22. The predicted molar refractivity (Wildman–Crippen MR) is 78.2 cm³/mol. The van der Waals surface area contributed by atoms with Crippen LogP contribution in [0.2, 0.25) is 0 Å².